The van der Waals surface area contributed by atoms with Crippen LogP contribution in [0.3, 0.4) is 0 Å². The number of hydrogen-bond acceptors (Lipinski definition) is 4. The number of carbonyl (C=O) groups is 1. The van der Waals surface area contributed by atoms with Gasteiger partial charge in [0.1, 0.15) is 0 Å². The molecule has 1 aliphatic heterocycles. The molecule has 1 saturated carbocycles. The lowest BCUT2D eigenvalue weighted by atomic mass is 9.92. The zero-order valence-electron chi connectivity index (χ0n) is 13.2. The second-order valence-electron chi connectivity index (χ2n) is 6.49. The van der Waals surface area contributed by atoms with Crippen LogP contribution in [0.4, 0.5) is 0 Å². The van der Waals surface area contributed by atoms with Crippen molar-refractivity contribution < 1.29 is 9.53 Å². The summed E-state index contributed by atoms with van der Waals surface area (Å²) in [5, 5.41) is 4.18. The third-order valence-electron chi connectivity index (χ3n) is 4.90. The summed E-state index contributed by atoms with van der Waals surface area (Å²) in [7, 11) is 0. The first-order valence-corrected chi connectivity index (χ1v) is 8.04. The number of aromatic nitrogens is 3. The maximum Gasteiger partial charge on any atom is 0.254 e. The zero-order chi connectivity index (χ0) is 15.9. The minimum Gasteiger partial charge on any atom is -0.377 e. The Morgan fingerprint density at radius 3 is 3.00 bits per heavy atom. The minimum atomic E-state index is -0.190. The van der Waals surface area contributed by atoms with Gasteiger partial charge in [0.15, 0.2) is 5.82 Å². The van der Waals surface area contributed by atoms with Gasteiger partial charge in [0.25, 0.3) is 5.91 Å². The molecule has 1 saturated heterocycles. The van der Waals surface area contributed by atoms with Crippen molar-refractivity contribution in [3.63, 3.8) is 0 Å². The Hall–Kier alpha value is -2.21. The fourth-order valence-electron chi connectivity index (χ4n) is 3.38. The molecule has 3 heterocycles. The van der Waals surface area contributed by atoms with Gasteiger partial charge < -0.3 is 9.64 Å². The summed E-state index contributed by atoms with van der Waals surface area (Å²) in [6.07, 6.45) is 7.54. The number of amides is 1. The van der Waals surface area contributed by atoms with E-state index in [1.54, 1.807) is 29.2 Å². The van der Waals surface area contributed by atoms with Crippen molar-refractivity contribution in [2.24, 2.45) is 5.92 Å². The molecule has 0 aromatic carbocycles. The number of morpholine rings is 1. The van der Waals surface area contributed by atoms with Crippen molar-refractivity contribution in [2.45, 2.75) is 25.3 Å². The summed E-state index contributed by atoms with van der Waals surface area (Å²) in [5.74, 6) is 1.26. The van der Waals surface area contributed by atoms with E-state index < -0.39 is 0 Å². The smallest absolute Gasteiger partial charge is 0.254 e. The van der Waals surface area contributed by atoms with Gasteiger partial charge >= 0.3 is 0 Å². The summed E-state index contributed by atoms with van der Waals surface area (Å²) in [6, 6.07) is 5.42. The summed E-state index contributed by atoms with van der Waals surface area (Å²) >= 11 is 0. The topological polar surface area (TPSA) is 60.2 Å². The Labute approximate surface area is 135 Å². The van der Waals surface area contributed by atoms with Crippen molar-refractivity contribution in [1.82, 2.24) is 19.7 Å². The largest absolute Gasteiger partial charge is 0.377 e. The van der Waals surface area contributed by atoms with E-state index in [1.165, 1.54) is 12.8 Å². The molecule has 1 unspecified atom stereocenters. The Morgan fingerprint density at radius 1 is 1.39 bits per heavy atom. The van der Waals surface area contributed by atoms with E-state index in [-0.39, 0.29) is 11.4 Å². The third kappa shape index (κ3) is 2.53. The van der Waals surface area contributed by atoms with Gasteiger partial charge in [0, 0.05) is 30.7 Å². The first-order valence-electron chi connectivity index (χ1n) is 8.04. The Bertz CT molecular complexity index is 711. The lowest BCUT2D eigenvalue weighted by molar-refractivity contribution is -0.0547. The van der Waals surface area contributed by atoms with Crippen LogP contribution in [0.1, 0.15) is 30.1 Å². The van der Waals surface area contributed by atoms with E-state index in [9.17, 15) is 4.79 Å². The maximum atomic E-state index is 13.1. The molecule has 2 fully saturated rings. The second-order valence-corrected chi connectivity index (χ2v) is 6.49. The van der Waals surface area contributed by atoms with E-state index in [1.807, 2.05) is 17.2 Å². The van der Waals surface area contributed by atoms with E-state index in [0.29, 0.717) is 37.1 Å². The highest BCUT2D eigenvalue weighted by Gasteiger charge is 2.49. The average Bonchev–Trinajstić information content (AvgIpc) is 3.31. The highest BCUT2D eigenvalue weighted by Crippen LogP contribution is 2.44. The highest BCUT2D eigenvalue weighted by molar-refractivity contribution is 5.95. The fourth-order valence-corrected chi connectivity index (χ4v) is 3.38. The quantitative estimate of drug-likeness (QED) is 0.868. The molecule has 6 nitrogen and oxygen atoms in total. The first kappa shape index (κ1) is 14.4. The fraction of sp³-hybridized carbons (Fsp3) is 0.471. The summed E-state index contributed by atoms with van der Waals surface area (Å²) in [4.78, 5) is 19.4. The summed E-state index contributed by atoms with van der Waals surface area (Å²) < 4.78 is 7.33. The van der Waals surface area contributed by atoms with Gasteiger partial charge in [-0.15, -0.1) is 0 Å². The Balaban J connectivity index is 1.64. The molecule has 23 heavy (non-hydrogen) atoms. The second kappa shape index (κ2) is 5.45. The van der Waals surface area contributed by atoms with Crippen LogP contribution in [0.2, 0.25) is 0 Å². The van der Waals surface area contributed by atoms with Gasteiger partial charge in [-0.3, -0.25) is 4.79 Å². The van der Waals surface area contributed by atoms with Gasteiger partial charge in [0.2, 0.25) is 0 Å². The summed E-state index contributed by atoms with van der Waals surface area (Å²) in [5.41, 5.74) is 0.462. The molecule has 4 rings (SSSR count). The molecule has 0 radical (unpaired) electrons. The number of carbonyl (C=O) groups excluding carboxylic acids is 1. The Kier molecular flexibility index (Phi) is 3.41. The standard InChI is InChI=1S/C17H20N4O2/c1-17(14-3-4-14)12-23-10-9-20(17)16(22)13-5-7-18-15(11-13)21-8-2-6-19-21/h2,5-8,11,14H,3-4,9-10,12H2,1H3. The van der Waals surface area contributed by atoms with Crippen LogP contribution < -0.4 is 0 Å². The maximum absolute atomic E-state index is 13.1. The van der Waals surface area contributed by atoms with Crippen LogP contribution in [-0.4, -0.2) is 50.9 Å². The highest BCUT2D eigenvalue weighted by atomic mass is 16.5. The number of nitrogens with zero attached hydrogens (tertiary/aromatic N) is 4. The van der Waals surface area contributed by atoms with Gasteiger partial charge in [-0.25, -0.2) is 9.67 Å². The average molecular weight is 312 g/mol. The van der Waals surface area contributed by atoms with Crippen LogP contribution in [0.25, 0.3) is 5.82 Å². The van der Waals surface area contributed by atoms with Crippen LogP contribution in [0, 0.1) is 5.92 Å². The Morgan fingerprint density at radius 2 is 2.26 bits per heavy atom. The van der Waals surface area contributed by atoms with Crippen molar-refractivity contribution in [3.05, 3.63) is 42.4 Å². The van der Waals surface area contributed by atoms with E-state index in [0.717, 1.165) is 0 Å². The molecule has 0 spiro atoms. The first-order chi connectivity index (χ1) is 11.2. The molecule has 6 heteroatoms. The molecule has 1 atom stereocenters. The molecule has 0 bridgehead atoms. The third-order valence-corrected chi connectivity index (χ3v) is 4.90. The number of rotatable bonds is 3. The molecule has 2 aromatic heterocycles. The van der Waals surface area contributed by atoms with Crippen LogP contribution in [0.5, 0.6) is 0 Å². The van der Waals surface area contributed by atoms with Crippen molar-refractivity contribution in [3.8, 4) is 5.82 Å². The zero-order valence-corrected chi connectivity index (χ0v) is 13.2. The van der Waals surface area contributed by atoms with Crippen LogP contribution in [-0.2, 0) is 4.74 Å². The predicted octanol–water partition coefficient (Wildman–Crippen LogP) is 1.91. The number of ether oxygens (including phenoxy) is 1. The summed E-state index contributed by atoms with van der Waals surface area (Å²) in [6.45, 7) is 4.02. The molecule has 1 amide bonds. The minimum absolute atomic E-state index is 0.0542. The van der Waals surface area contributed by atoms with Crippen molar-refractivity contribution in [1.29, 1.82) is 0 Å². The molecule has 1 aliphatic carbocycles. The van der Waals surface area contributed by atoms with Crippen molar-refractivity contribution in [2.75, 3.05) is 19.8 Å². The van der Waals surface area contributed by atoms with E-state index in [2.05, 4.69) is 17.0 Å². The van der Waals surface area contributed by atoms with Crippen molar-refractivity contribution >= 4 is 5.91 Å². The molecule has 0 N–H and O–H groups in total. The predicted molar refractivity (Wildman–Crippen MR) is 84.3 cm³/mol. The van der Waals surface area contributed by atoms with E-state index >= 15 is 0 Å². The SMILES string of the molecule is CC1(C2CC2)COCCN1C(=O)c1ccnc(-n2cccn2)c1. The van der Waals surface area contributed by atoms with Gasteiger partial charge in [-0.05, 0) is 43.9 Å². The molecule has 2 aliphatic rings. The van der Waals surface area contributed by atoms with E-state index in [4.69, 9.17) is 4.74 Å². The van der Waals surface area contributed by atoms with Crippen LogP contribution >= 0.6 is 0 Å². The lowest BCUT2D eigenvalue weighted by Crippen LogP contribution is -2.58. The molecule has 120 valence electrons. The van der Waals surface area contributed by atoms with Gasteiger partial charge in [0.05, 0.1) is 18.8 Å². The van der Waals surface area contributed by atoms with Gasteiger partial charge in [-0.2, -0.15) is 5.10 Å². The normalized spacial score (nSPS) is 24.7. The lowest BCUT2D eigenvalue weighted by Gasteiger charge is -2.45. The molecular weight excluding hydrogens is 292 g/mol. The molecule has 2 aromatic rings. The number of hydrogen-bond donors (Lipinski definition) is 0. The molecular formula is C17H20N4O2. The van der Waals surface area contributed by atoms with Gasteiger partial charge in [-0.1, -0.05) is 0 Å². The van der Waals surface area contributed by atoms with Crippen LogP contribution in [0.15, 0.2) is 36.8 Å². The monoisotopic (exact) mass is 312 g/mol. The number of pyridine rings is 1.